The maximum atomic E-state index is 13.0. The SMILES string of the molecule is CCc1cc(C)cc2c(=O)n(C)c(C34CC(c5nnc(C)o5)(C3)C4)cc12. The van der Waals surface area contributed by atoms with Crippen LogP contribution in [0.4, 0.5) is 0 Å². The van der Waals surface area contributed by atoms with E-state index in [4.69, 9.17) is 4.42 Å². The zero-order chi connectivity index (χ0) is 18.3. The van der Waals surface area contributed by atoms with Crippen LogP contribution in [0.2, 0.25) is 0 Å². The average molecular weight is 349 g/mol. The zero-order valence-corrected chi connectivity index (χ0v) is 15.7. The van der Waals surface area contributed by atoms with Gasteiger partial charge in [-0.1, -0.05) is 18.6 Å². The molecule has 0 spiro atoms. The summed E-state index contributed by atoms with van der Waals surface area (Å²) in [4.78, 5) is 13.0. The molecule has 0 amide bonds. The summed E-state index contributed by atoms with van der Waals surface area (Å²) in [6.07, 6.45) is 3.91. The van der Waals surface area contributed by atoms with Crippen LogP contribution >= 0.6 is 0 Å². The Morgan fingerprint density at radius 3 is 2.42 bits per heavy atom. The number of rotatable bonds is 3. The van der Waals surface area contributed by atoms with Crippen LogP contribution in [0.5, 0.6) is 0 Å². The van der Waals surface area contributed by atoms with E-state index in [-0.39, 0.29) is 16.4 Å². The quantitative estimate of drug-likeness (QED) is 0.726. The van der Waals surface area contributed by atoms with Crippen LogP contribution in [0.1, 0.15) is 54.8 Å². The highest BCUT2D eigenvalue weighted by Gasteiger charge is 2.72. The first-order valence-electron chi connectivity index (χ1n) is 9.32. The van der Waals surface area contributed by atoms with E-state index in [1.807, 2.05) is 24.6 Å². The first kappa shape index (κ1) is 15.8. The van der Waals surface area contributed by atoms with Gasteiger partial charge in [0.15, 0.2) is 0 Å². The van der Waals surface area contributed by atoms with Gasteiger partial charge in [0.1, 0.15) is 0 Å². The highest BCUT2D eigenvalue weighted by molar-refractivity contribution is 5.86. The van der Waals surface area contributed by atoms with Crippen LogP contribution in [0.25, 0.3) is 10.8 Å². The van der Waals surface area contributed by atoms with Gasteiger partial charge in [0.25, 0.3) is 5.56 Å². The van der Waals surface area contributed by atoms with Crippen molar-refractivity contribution in [2.45, 2.75) is 57.3 Å². The van der Waals surface area contributed by atoms with Crippen LogP contribution < -0.4 is 5.56 Å². The molecule has 0 atom stereocenters. The molecule has 0 unspecified atom stereocenters. The van der Waals surface area contributed by atoms with E-state index >= 15 is 0 Å². The molecule has 6 rings (SSSR count). The minimum atomic E-state index is 0.0348. The lowest BCUT2D eigenvalue weighted by molar-refractivity contribution is -0.0916. The highest BCUT2D eigenvalue weighted by atomic mass is 16.4. The molecule has 3 aliphatic rings. The standard InChI is InChI=1S/C21H23N3O2/c1-5-14-6-12(2)7-16-15(14)8-17(24(4)18(16)25)20-9-21(10-20,11-20)19-23-22-13(3)26-19/h6-8H,5,9-11H2,1-4H3. The molecule has 3 aliphatic carbocycles. The van der Waals surface area contributed by atoms with E-state index in [0.29, 0.717) is 5.89 Å². The van der Waals surface area contributed by atoms with Crippen molar-refractivity contribution in [1.29, 1.82) is 0 Å². The third-order valence-corrected chi connectivity index (χ3v) is 6.52. The predicted octanol–water partition coefficient (Wildman–Crippen LogP) is 3.47. The van der Waals surface area contributed by atoms with E-state index in [0.717, 1.165) is 53.6 Å². The Hall–Kier alpha value is -2.43. The number of benzene rings is 1. The largest absolute Gasteiger partial charge is 0.425 e. The van der Waals surface area contributed by atoms with Crippen LogP contribution in [-0.2, 0) is 24.3 Å². The number of fused-ring (bicyclic) bond motifs is 1. The Labute approximate surface area is 152 Å². The molecular formula is C21H23N3O2. The van der Waals surface area contributed by atoms with Crippen molar-refractivity contribution in [2.24, 2.45) is 7.05 Å². The van der Waals surface area contributed by atoms with Gasteiger partial charge in [0.05, 0.1) is 5.41 Å². The Morgan fingerprint density at radius 2 is 1.81 bits per heavy atom. The fraction of sp³-hybridized carbons (Fsp3) is 0.476. The number of hydrogen-bond acceptors (Lipinski definition) is 4. The zero-order valence-electron chi connectivity index (χ0n) is 15.7. The molecule has 0 aliphatic heterocycles. The fourth-order valence-corrected chi connectivity index (χ4v) is 5.34. The van der Waals surface area contributed by atoms with Crippen LogP contribution in [0, 0.1) is 13.8 Å². The average Bonchev–Trinajstić information content (AvgIpc) is 2.96. The van der Waals surface area contributed by atoms with Crippen molar-refractivity contribution >= 4 is 10.8 Å². The van der Waals surface area contributed by atoms with E-state index < -0.39 is 0 Å². The molecule has 0 radical (unpaired) electrons. The molecule has 3 fully saturated rings. The normalized spacial score (nSPS) is 26.6. The molecular weight excluding hydrogens is 326 g/mol. The van der Waals surface area contributed by atoms with Gasteiger partial charge in [0, 0.05) is 30.5 Å². The van der Waals surface area contributed by atoms with Crippen molar-refractivity contribution in [3.8, 4) is 0 Å². The topological polar surface area (TPSA) is 60.9 Å². The highest BCUT2D eigenvalue weighted by Crippen LogP contribution is 2.73. The van der Waals surface area contributed by atoms with Gasteiger partial charge in [-0.05, 0) is 55.7 Å². The van der Waals surface area contributed by atoms with Gasteiger partial charge in [-0.2, -0.15) is 0 Å². The van der Waals surface area contributed by atoms with Crippen molar-refractivity contribution in [1.82, 2.24) is 14.8 Å². The molecule has 2 heterocycles. The maximum absolute atomic E-state index is 13.0. The summed E-state index contributed by atoms with van der Waals surface area (Å²) < 4.78 is 7.56. The molecule has 0 saturated heterocycles. The van der Waals surface area contributed by atoms with Gasteiger partial charge < -0.3 is 8.98 Å². The van der Waals surface area contributed by atoms with E-state index in [2.05, 4.69) is 36.2 Å². The molecule has 3 aromatic rings. The molecule has 5 heteroatoms. The predicted molar refractivity (Wildman–Crippen MR) is 99.5 cm³/mol. The Kier molecular flexibility index (Phi) is 2.94. The van der Waals surface area contributed by atoms with Crippen molar-refractivity contribution in [3.63, 3.8) is 0 Å². The first-order chi connectivity index (χ1) is 12.4. The minimum Gasteiger partial charge on any atom is -0.425 e. The van der Waals surface area contributed by atoms with E-state index in [1.165, 1.54) is 5.56 Å². The van der Waals surface area contributed by atoms with Crippen molar-refractivity contribution in [2.75, 3.05) is 0 Å². The van der Waals surface area contributed by atoms with Gasteiger partial charge in [-0.3, -0.25) is 4.79 Å². The van der Waals surface area contributed by atoms with E-state index in [1.54, 1.807) is 0 Å². The Morgan fingerprint density at radius 1 is 1.08 bits per heavy atom. The number of nitrogens with zero attached hydrogens (tertiary/aromatic N) is 3. The summed E-state index contributed by atoms with van der Waals surface area (Å²) in [5.74, 6) is 1.40. The summed E-state index contributed by atoms with van der Waals surface area (Å²) in [6.45, 7) is 6.04. The van der Waals surface area contributed by atoms with Crippen LogP contribution in [0.15, 0.2) is 27.4 Å². The maximum Gasteiger partial charge on any atom is 0.258 e. The summed E-state index contributed by atoms with van der Waals surface area (Å²) >= 11 is 0. The first-order valence-corrected chi connectivity index (χ1v) is 9.32. The van der Waals surface area contributed by atoms with Crippen molar-refractivity contribution in [3.05, 3.63) is 57.2 Å². The van der Waals surface area contributed by atoms with Gasteiger partial charge in [-0.25, -0.2) is 0 Å². The molecule has 1 aromatic carbocycles. The Bertz CT molecular complexity index is 1100. The van der Waals surface area contributed by atoms with Gasteiger partial charge in [-0.15, -0.1) is 10.2 Å². The summed E-state index contributed by atoms with van der Waals surface area (Å²) in [5, 5.41) is 10.2. The molecule has 2 bridgehead atoms. The number of pyridine rings is 1. The third kappa shape index (κ3) is 1.83. The smallest absolute Gasteiger partial charge is 0.258 e. The van der Waals surface area contributed by atoms with Crippen LogP contribution in [-0.4, -0.2) is 14.8 Å². The summed E-state index contributed by atoms with van der Waals surface area (Å²) in [5.41, 5.74) is 3.80. The minimum absolute atomic E-state index is 0.0348. The Balaban J connectivity index is 1.61. The molecule has 134 valence electrons. The molecule has 2 aromatic heterocycles. The second-order valence-electron chi connectivity index (χ2n) is 8.35. The molecule has 0 N–H and O–H groups in total. The number of aromatic nitrogens is 3. The summed E-state index contributed by atoms with van der Waals surface area (Å²) in [6, 6.07) is 6.48. The number of hydrogen-bond donors (Lipinski definition) is 0. The fourth-order valence-electron chi connectivity index (χ4n) is 5.34. The van der Waals surface area contributed by atoms with Crippen molar-refractivity contribution < 1.29 is 4.42 Å². The lowest BCUT2D eigenvalue weighted by atomic mass is 9.34. The second-order valence-corrected chi connectivity index (χ2v) is 8.35. The van der Waals surface area contributed by atoms with Gasteiger partial charge in [0.2, 0.25) is 11.8 Å². The second kappa shape index (κ2) is 4.84. The molecule has 5 nitrogen and oxygen atoms in total. The monoisotopic (exact) mass is 349 g/mol. The third-order valence-electron chi connectivity index (χ3n) is 6.52. The number of aryl methyl sites for hydroxylation is 3. The lowest BCUT2D eigenvalue weighted by Crippen LogP contribution is -2.68. The van der Waals surface area contributed by atoms with Crippen LogP contribution in [0.3, 0.4) is 0 Å². The van der Waals surface area contributed by atoms with Gasteiger partial charge >= 0.3 is 0 Å². The molecule has 3 saturated carbocycles. The van der Waals surface area contributed by atoms with E-state index in [9.17, 15) is 4.79 Å². The molecule has 26 heavy (non-hydrogen) atoms. The summed E-state index contributed by atoms with van der Waals surface area (Å²) in [7, 11) is 1.91. The lowest BCUT2D eigenvalue weighted by Gasteiger charge is -2.69.